The minimum absolute atomic E-state index is 0.139. The van der Waals surface area contributed by atoms with Crippen molar-refractivity contribution < 1.29 is 14.0 Å². The summed E-state index contributed by atoms with van der Waals surface area (Å²) >= 11 is 0. The van der Waals surface area contributed by atoms with Crippen molar-refractivity contribution in [1.82, 2.24) is 5.32 Å². The molecule has 1 fully saturated rings. The molecule has 108 valence electrons. The smallest absolute Gasteiger partial charge is 0.237 e. The fourth-order valence-corrected chi connectivity index (χ4v) is 2.30. The van der Waals surface area contributed by atoms with E-state index in [1.807, 2.05) is 13.8 Å². The van der Waals surface area contributed by atoms with E-state index in [0.717, 1.165) is 6.42 Å². The average molecular weight is 278 g/mol. The van der Waals surface area contributed by atoms with E-state index in [2.05, 4.69) is 10.6 Å². The molecule has 0 radical (unpaired) electrons. The van der Waals surface area contributed by atoms with Crippen molar-refractivity contribution in [2.45, 2.75) is 32.6 Å². The average Bonchev–Trinajstić information content (AvgIpc) is 2.84. The highest BCUT2D eigenvalue weighted by Crippen LogP contribution is 2.24. The second kappa shape index (κ2) is 6.03. The summed E-state index contributed by atoms with van der Waals surface area (Å²) in [6.07, 6.45) is 1.34. The Morgan fingerprint density at radius 1 is 1.55 bits per heavy atom. The third kappa shape index (κ3) is 2.98. The summed E-state index contributed by atoms with van der Waals surface area (Å²) in [5, 5.41) is 5.20. The van der Waals surface area contributed by atoms with Crippen LogP contribution in [0.5, 0.6) is 0 Å². The molecule has 5 heteroatoms. The van der Waals surface area contributed by atoms with Crippen LogP contribution in [0, 0.1) is 11.7 Å². The van der Waals surface area contributed by atoms with Gasteiger partial charge in [-0.15, -0.1) is 0 Å². The first-order valence-corrected chi connectivity index (χ1v) is 6.91. The fourth-order valence-electron chi connectivity index (χ4n) is 2.30. The van der Waals surface area contributed by atoms with E-state index in [0.29, 0.717) is 24.2 Å². The number of benzene rings is 1. The Morgan fingerprint density at radius 3 is 2.85 bits per heavy atom. The SMILES string of the molecule is CCC(C)c1ccc(NC(=O)C2CCNC2=O)cc1F. The van der Waals surface area contributed by atoms with Gasteiger partial charge in [0.1, 0.15) is 11.7 Å². The molecule has 0 bridgehead atoms. The number of nitrogens with one attached hydrogen (secondary N) is 2. The standard InChI is InChI=1S/C15H19FN2O2/c1-3-9(2)11-5-4-10(8-13(11)16)18-15(20)12-6-7-17-14(12)19/h4-5,8-9,12H,3,6-7H2,1-2H3,(H,17,19)(H,18,20). The highest BCUT2D eigenvalue weighted by molar-refractivity contribution is 6.07. The van der Waals surface area contributed by atoms with Crippen LogP contribution in [0.1, 0.15) is 38.2 Å². The lowest BCUT2D eigenvalue weighted by atomic mass is 9.98. The predicted molar refractivity (Wildman–Crippen MR) is 74.9 cm³/mol. The number of hydrogen-bond acceptors (Lipinski definition) is 2. The first-order chi connectivity index (χ1) is 9.52. The molecular weight excluding hydrogens is 259 g/mol. The van der Waals surface area contributed by atoms with Gasteiger partial charge in [0.2, 0.25) is 11.8 Å². The van der Waals surface area contributed by atoms with Gasteiger partial charge in [0, 0.05) is 12.2 Å². The number of anilines is 1. The lowest BCUT2D eigenvalue weighted by Crippen LogP contribution is -2.29. The van der Waals surface area contributed by atoms with Crippen molar-refractivity contribution in [1.29, 1.82) is 0 Å². The Bertz CT molecular complexity index is 531. The summed E-state index contributed by atoms with van der Waals surface area (Å²) in [5.74, 6) is -1.50. The number of halogens is 1. The van der Waals surface area contributed by atoms with E-state index in [1.54, 1.807) is 12.1 Å². The highest BCUT2D eigenvalue weighted by Gasteiger charge is 2.31. The van der Waals surface area contributed by atoms with Crippen LogP contribution in [-0.4, -0.2) is 18.4 Å². The van der Waals surface area contributed by atoms with Gasteiger partial charge in [-0.05, 0) is 36.5 Å². The molecule has 2 amide bonds. The Morgan fingerprint density at radius 2 is 2.30 bits per heavy atom. The summed E-state index contributed by atoms with van der Waals surface area (Å²) in [6, 6.07) is 4.68. The van der Waals surface area contributed by atoms with Crippen molar-refractivity contribution in [3.05, 3.63) is 29.6 Å². The van der Waals surface area contributed by atoms with Crippen molar-refractivity contribution in [3.63, 3.8) is 0 Å². The zero-order chi connectivity index (χ0) is 14.7. The molecule has 4 nitrogen and oxygen atoms in total. The number of carbonyl (C=O) groups excluding carboxylic acids is 2. The zero-order valence-electron chi connectivity index (χ0n) is 11.7. The zero-order valence-corrected chi connectivity index (χ0v) is 11.7. The van der Waals surface area contributed by atoms with E-state index < -0.39 is 5.92 Å². The molecule has 0 saturated carbocycles. The maximum absolute atomic E-state index is 14.0. The molecule has 0 spiro atoms. The van der Waals surface area contributed by atoms with Gasteiger partial charge in [-0.1, -0.05) is 19.9 Å². The monoisotopic (exact) mass is 278 g/mol. The molecule has 1 aromatic carbocycles. The third-order valence-corrected chi connectivity index (χ3v) is 3.78. The topological polar surface area (TPSA) is 58.2 Å². The molecule has 2 N–H and O–H groups in total. The molecule has 0 aromatic heterocycles. The van der Waals surface area contributed by atoms with Crippen LogP contribution < -0.4 is 10.6 Å². The minimum atomic E-state index is -0.674. The summed E-state index contributed by atoms with van der Waals surface area (Å²) in [4.78, 5) is 23.3. The molecular formula is C15H19FN2O2. The van der Waals surface area contributed by atoms with Crippen LogP contribution in [0.25, 0.3) is 0 Å². The third-order valence-electron chi connectivity index (χ3n) is 3.78. The second-order valence-corrected chi connectivity index (χ2v) is 5.17. The van der Waals surface area contributed by atoms with Gasteiger partial charge in [-0.2, -0.15) is 0 Å². The van der Waals surface area contributed by atoms with Crippen molar-refractivity contribution >= 4 is 17.5 Å². The number of amides is 2. The second-order valence-electron chi connectivity index (χ2n) is 5.17. The molecule has 20 heavy (non-hydrogen) atoms. The Balaban J connectivity index is 2.08. The molecule has 2 unspecified atom stereocenters. The molecule has 2 rings (SSSR count). The largest absolute Gasteiger partial charge is 0.355 e. The van der Waals surface area contributed by atoms with Crippen LogP contribution >= 0.6 is 0 Å². The molecule has 1 aliphatic rings. The first-order valence-electron chi connectivity index (χ1n) is 6.91. The Hall–Kier alpha value is -1.91. The highest BCUT2D eigenvalue weighted by atomic mass is 19.1. The molecule has 1 heterocycles. The van der Waals surface area contributed by atoms with E-state index in [1.165, 1.54) is 6.07 Å². The number of carbonyl (C=O) groups is 2. The maximum atomic E-state index is 14.0. The number of hydrogen-bond donors (Lipinski definition) is 2. The van der Waals surface area contributed by atoms with Gasteiger partial charge in [0.15, 0.2) is 0 Å². The molecule has 0 aliphatic carbocycles. The van der Waals surface area contributed by atoms with Gasteiger partial charge < -0.3 is 10.6 Å². The fraction of sp³-hybridized carbons (Fsp3) is 0.467. The van der Waals surface area contributed by atoms with E-state index in [-0.39, 0.29) is 23.5 Å². The lowest BCUT2D eigenvalue weighted by Gasteiger charge is -2.13. The van der Waals surface area contributed by atoms with Gasteiger partial charge >= 0.3 is 0 Å². The molecule has 1 aromatic rings. The minimum Gasteiger partial charge on any atom is -0.355 e. The van der Waals surface area contributed by atoms with Crippen LogP contribution in [0.3, 0.4) is 0 Å². The summed E-state index contributed by atoms with van der Waals surface area (Å²) in [5.41, 5.74) is 1.03. The summed E-state index contributed by atoms with van der Waals surface area (Å²) in [7, 11) is 0. The predicted octanol–water partition coefficient (Wildman–Crippen LogP) is 2.41. The van der Waals surface area contributed by atoms with Crippen molar-refractivity contribution in [2.75, 3.05) is 11.9 Å². The van der Waals surface area contributed by atoms with E-state index in [4.69, 9.17) is 0 Å². The lowest BCUT2D eigenvalue weighted by molar-refractivity contribution is -0.130. The van der Waals surface area contributed by atoms with Crippen molar-refractivity contribution in [3.8, 4) is 0 Å². The van der Waals surface area contributed by atoms with Crippen LogP contribution in [0.2, 0.25) is 0 Å². The Labute approximate surface area is 117 Å². The van der Waals surface area contributed by atoms with E-state index in [9.17, 15) is 14.0 Å². The first kappa shape index (κ1) is 14.5. The van der Waals surface area contributed by atoms with Gasteiger partial charge in [0.25, 0.3) is 0 Å². The van der Waals surface area contributed by atoms with Crippen LogP contribution in [0.4, 0.5) is 10.1 Å². The quantitative estimate of drug-likeness (QED) is 0.831. The maximum Gasteiger partial charge on any atom is 0.237 e. The van der Waals surface area contributed by atoms with Crippen LogP contribution in [0.15, 0.2) is 18.2 Å². The molecule has 2 atom stereocenters. The molecule has 1 aliphatic heterocycles. The van der Waals surface area contributed by atoms with Gasteiger partial charge in [-0.3, -0.25) is 9.59 Å². The number of rotatable bonds is 4. The van der Waals surface area contributed by atoms with Crippen molar-refractivity contribution in [2.24, 2.45) is 5.92 Å². The Kier molecular flexibility index (Phi) is 4.37. The normalized spacial score (nSPS) is 19.6. The summed E-state index contributed by atoms with van der Waals surface area (Å²) < 4.78 is 14.0. The molecule has 1 saturated heterocycles. The summed E-state index contributed by atoms with van der Waals surface area (Å²) in [6.45, 7) is 4.47. The van der Waals surface area contributed by atoms with Gasteiger partial charge in [-0.25, -0.2) is 4.39 Å². The van der Waals surface area contributed by atoms with Gasteiger partial charge in [0.05, 0.1) is 0 Å². The van der Waals surface area contributed by atoms with Crippen LogP contribution in [-0.2, 0) is 9.59 Å². The van der Waals surface area contributed by atoms with E-state index >= 15 is 0 Å².